The van der Waals surface area contributed by atoms with Gasteiger partial charge in [0.1, 0.15) is 11.5 Å². The summed E-state index contributed by atoms with van der Waals surface area (Å²) >= 11 is 0. The number of carbonyl (C=O) groups excluding carboxylic acids is 1. The van der Waals surface area contributed by atoms with Gasteiger partial charge in [0.05, 0.1) is 18.9 Å². The maximum Gasteiger partial charge on any atom is 0.255 e. The Labute approximate surface area is 131 Å². The molecule has 0 atom stereocenters. The van der Waals surface area contributed by atoms with Gasteiger partial charge in [-0.3, -0.25) is 4.79 Å². The summed E-state index contributed by atoms with van der Waals surface area (Å²) in [7, 11) is 0. The van der Waals surface area contributed by atoms with Crippen molar-refractivity contribution in [2.24, 2.45) is 0 Å². The van der Waals surface area contributed by atoms with E-state index in [1.165, 1.54) is 0 Å². The third-order valence-electron chi connectivity index (χ3n) is 3.02. The van der Waals surface area contributed by atoms with Crippen LogP contribution in [0.3, 0.4) is 0 Å². The van der Waals surface area contributed by atoms with Crippen LogP contribution in [0.5, 0.6) is 11.5 Å². The fourth-order valence-electron chi connectivity index (χ4n) is 1.97. The fraction of sp³-hybridized carbons (Fsp3) is 0.278. The molecule has 0 fully saturated rings. The molecule has 0 radical (unpaired) electrons. The zero-order valence-corrected chi connectivity index (χ0v) is 13.0. The molecule has 2 rings (SSSR count). The van der Waals surface area contributed by atoms with E-state index in [0.717, 1.165) is 12.2 Å². The Hall–Kier alpha value is -2.49. The molecule has 0 heterocycles. The van der Waals surface area contributed by atoms with Gasteiger partial charge in [0.2, 0.25) is 0 Å². The van der Waals surface area contributed by atoms with Gasteiger partial charge in [-0.05, 0) is 49.7 Å². The molecule has 0 aromatic heterocycles. The molecule has 0 spiro atoms. The number of amides is 1. The zero-order chi connectivity index (χ0) is 15.8. The second kappa shape index (κ2) is 8.08. The van der Waals surface area contributed by atoms with Crippen LogP contribution in [0.15, 0.2) is 48.5 Å². The van der Waals surface area contributed by atoms with Crippen molar-refractivity contribution in [2.75, 3.05) is 18.5 Å². The zero-order valence-electron chi connectivity index (χ0n) is 13.0. The highest BCUT2D eigenvalue weighted by molar-refractivity contribution is 6.05. The molecular weight excluding hydrogens is 278 g/mol. The third-order valence-corrected chi connectivity index (χ3v) is 3.02. The molecule has 1 N–H and O–H groups in total. The molecule has 116 valence electrons. The SMILES string of the molecule is CCCOc1ccccc1NC(=O)c1ccc(OCC)cc1. The topological polar surface area (TPSA) is 47.6 Å². The molecule has 0 saturated carbocycles. The summed E-state index contributed by atoms with van der Waals surface area (Å²) in [6, 6.07) is 14.5. The van der Waals surface area contributed by atoms with E-state index in [9.17, 15) is 4.79 Å². The van der Waals surface area contributed by atoms with E-state index < -0.39 is 0 Å². The van der Waals surface area contributed by atoms with Gasteiger partial charge in [-0.15, -0.1) is 0 Å². The Kier molecular flexibility index (Phi) is 5.83. The lowest BCUT2D eigenvalue weighted by molar-refractivity contribution is 0.102. The van der Waals surface area contributed by atoms with Crippen LogP contribution in [-0.2, 0) is 0 Å². The Morgan fingerprint density at radius 1 is 1.00 bits per heavy atom. The summed E-state index contributed by atoms with van der Waals surface area (Å²) in [5.41, 5.74) is 1.25. The second-order valence-electron chi connectivity index (χ2n) is 4.76. The minimum Gasteiger partial charge on any atom is -0.494 e. The predicted molar refractivity (Wildman–Crippen MR) is 87.8 cm³/mol. The van der Waals surface area contributed by atoms with E-state index in [2.05, 4.69) is 5.32 Å². The quantitative estimate of drug-likeness (QED) is 0.836. The van der Waals surface area contributed by atoms with Crippen LogP contribution in [-0.4, -0.2) is 19.1 Å². The summed E-state index contributed by atoms with van der Waals surface area (Å²) in [5, 5.41) is 2.88. The maximum absolute atomic E-state index is 12.3. The second-order valence-corrected chi connectivity index (χ2v) is 4.76. The molecular formula is C18H21NO3. The minimum atomic E-state index is -0.171. The number of carbonyl (C=O) groups is 1. The molecule has 22 heavy (non-hydrogen) atoms. The van der Waals surface area contributed by atoms with Crippen LogP contribution < -0.4 is 14.8 Å². The normalized spacial score (nSPS) is 10.1. The number of rotatable bonds is 7. The van der Waals surface area contributed by atoms with Crippen LogP contribution in [0.25, 0.3) is 0 Å². The van der Waals surface area contributed by atoms with Gasteiger partial charge in [0, 0.05) is 5.56 Å². The summed E-state index contributed by atoms with van der Waals surface area (Å²) in [6.45, 7) is 5.19. The first-order valence-corrected chi connectivity index (χ1v) is 7.50. The van der Waals surface area contributed by atoms with Crippen LogP contribution in [0, 0.1) is 0 Å². The molecule has 0 bridgehead atoms. The average Bonchev–Trinajstić information content (AvgIpc) is 2.55. The van der Waals surface area contributed by atoms with Crippen molar-refractivity contribution < 1.29 is 14.3 Å². The van der Waals surface area contributed by atoms with Crippen molar-refractivity contribution in [2.45, 2.75) is 20.3 Å². The monoisotopic (exact) mass is 299 g/mol. The van der Waals surface area contributed by atoms with Gasteiger partial charge in [-0.1, -0.05) is 19.1 Å². The van der Waals surface area contributed by atoms with Crippen molar-refractivity contribution in [1.29, 1.82) is 0 Å². The van der Waals surface area contributed by atoms with Crippen molar-refractivity contribution in [1.82, 2.24) is 0 Å². The molecule has 4 nitrogen and oxygen atoms in total. The first kappa shape index (κ1) is 15.9. The van der Waals surface area contributed by atoms with Crippen LogP contribution in [0.4, 0.5) is 5.69 Å². The Bertz CT molecular complexity index is 608. The van der Waals surface area contributed by atoms with Crippen LogP contribution >= 0.6 is 0 Å². The molecule has 2 aromatic rings. The first-order valence-electron chi connectivity index (χ1n) is 7.50. The fourth-order valence-corrected chi connectivity index (χ4v) is 1.97. The van der Waals surface area contributed by atoms with Crippen molar-refractivity contribution in [3.8, 4) is 11.5 Å². The van der Waals surface area contributed by atoms with Gasteiger partial charge < -0.3 is 14.8 Å². The summed E-state index contributed by atoms with van der Waals surface area (Å²) in [4.78, 5) is 12.3. The Morgan fingerprint density at radius 3 is 2.41 bits per heavy atom. The summed E-state index contributed by atoms with van der Waals surface area (Å²) in [5.74, 6) is 1.27. The molecule has 0 aliphatic carbocycles. The van der Waals surface area contributed by atoms with Gasteiger partial charge in [-0.2, -0.15) is 0 Å². The van der Waals surface area contributed by atoms with E-state index in [0.29, 0.717) is 30.2 Å². The molecule has 0 unspecified atom stereocenters. The Balaban J connectivity index is 2.08. The number of hydrogen-bond donors (Lipinski definition) is 1. The van der Waals surface area contributed by atoms with Gasteiger partial charge >= 0.3 is 0 Å². The number of benzene rings is 2. The lowest BCUT2D eigenvalue weighted by Gasteiger charge is -2.12. The number of ether oxygens (including phenoxy) is 2. The average molecular weight is 299 g/mol. The van der Waals surface area contributed by atoms with Crippen molar-refractivity contribution >= 4 is 11.6 Å². The molecule has 0 aliphatic heterocycles. The molecule has 4 heteroatoms. The Morgan fingerprint density at radius 2 is 1.73 bits per heavy atom. The number of anilines is 1. The standard InChI is InChI=1S/C18H21NO3/c1-3-13-22-17-8-6-5-7-16(17)19-18(20)14-9-11-15(12-10-14)21-4-2/h5-12H,3-4,13H2,1-2H3,(H,19,20). The van der Waals surface area contributed by atoms with Crippen molar-refractivity contribution in [3.63, 3.8) is 0 Å². The lowest BCUT2D eigenvalue weighted by atomic mass is 10.2. The number of para-hydroxylation sites is 2. The maximum atomic E-state index is 12.3. The minimum absolute atomic E-state index is 0.171. The van der Waals surface area contributed by atoms with E-state index in [-0.39, 0.29) is 5.91 Å². The smallest absolute Gasteiger partial charge is 0.255 e. The highest BCUT2D eigenvalue weighted by Crippen LogP contribution is 2.24. The predicted octanol–water partition coefficient (Wildman–Crippen LogP) is 4.13. The lowest BCUT2D eigenvalue weighted by Crippen LogP contribution is -2.13. The van der Waals surface area contributed by atoms with Crippen LogP contribution in [0.1, 0.15) is 30.6 Å². The van der Waals surface area contributed by atoms with Crippen molar-refractivity contribution in [3.05, 3.63) is 54.1 Å². The van der Waals surface area contributed by atoms with E-state index >= 15 is 0 Å². The molecule has 0 aliphatic rings. The first-order chi connectivity index (χ1) is 10.7. The number of nitrogens with one attached hydrogen (secondary N) is 1. The largest absolute Gasteiger partial charge is 0.494 e. The highest BCUT2D eigenvalue weighted by Gasteiger charge is 2.09. The van der Waals surface area contributed by atoms with E-state index in [1.54, 1.807) is 24.3 Å². The van der Waals surface area contributed by atoms with Gasteiger partial charge in [-0.25, -0.2) is 0 Å². The van der Waals surface area contributed by atoms with E-state index in [1.807, 2.05) is 38.1 Å². The summed E-state index contributed by atoms with van der Waals surface area (Å²) in [6.07, 6.45) is 0.918. The molecule has 2 aromatic carbocycles. The van der Waals surface area contributed by atoms with Gasteiger partial charge in [0.15, 0.2) is 0 Å². The third kappa shape index (κ3) is 4.25. The van der Waals surface area contributed by atoms with Gasteiger partial charge in [0.25, 0.3) is 5.91 Å². The molecule has 0 saturated heterocycles. The molecule has 1 amide bonds. The number of hydrogen-bond acceptors (Lipinski definition) is 3. The van der Waals surface area contributed by atoms with E-state index in [4.69, 9.17) is 9.47 Å². The summed E-state index contributed by atoms with van der Waals surface area (Å²) < 4.78 is 11.0. The van der Waals surface area contributed by atoms with Crippen LogP contribution in [0.2, 0.25) is 0 Å². The highest BCUT2D eigenvalue weighted by atomic mass is 16.5.